The minimum absolute atomic E-state index is 0.143. The molecule has 1 aromatic carbocycles. The molecule has 0 amide bonds. The number of anilines is 1. The first-order valence-corrected chi connectivity index (χ1v) is 3.68. The average molecular weight is 185 g/mol. The lowest BCUT2D eigenvalue weighted by Gasteiger charge is -2.14. The van der Waals surface area contributed by atoms with Gasteiger partial charge in [0.15, 0.2) is 17.9 Å². The molecule has 0 saturated carbocycles. The van der Waals surface area contributed by atoms with Crippen molar-refractivity contribution in [2.45, 2.75) is 0 Å². The maximum absolute atomic E-state index is 12.7. The van der Waals surface area contributed by atoms with Crippen LogP contribution >= 0.6 is 0 Å². The predicted molar refractivity (Wildman–Crippen MR) is 46.1 cm³/mol. The fraction of sp³-hybridized carbons (Fsp3) is 0.222. The van der Waals surface area contributed by atoms with Crippen molar-refractivity contribution in [1.82, 2.24) is 0 Å². The summed E-state index contributed by atoms with van der Waals surface area (Å²) in [7, 11) is 3.30. The van der Waals surface area contributed by atoms with Gasteiger partial charge >= 0.3 is 0 Å². The van der Waals surface area contributed by atoms with Gasteiger partial charge < -0.3 is 4.90 Å². The van der Waals surface area contributed by atoms with Crippen LogP contribution in [0.5, 0.6) is 0 Å². The van der Waals surface area contributed by atoms with Crippen LogP contribution in [0.2, 0.25) is 0 Å². The molecule has 1 rings (SSSR count). The van der Waals surface area contributed by atoms with Gasteiger partial charge in [0.1, 0.15) is 0 Å². The summed E-state index contributed by atoms with van der Waals surface area (Å²) in [5.74, 6) is -1.96. The molecule has 0 spiro atoms. The van der Waals surface area contributed by atoms with Crippen molar-refractivity contribution in [2.24, 2.45) is 0 Å². The number of carbonyl (C=O) groups is 1. The summed E-state index contributed by atoms with van der Waals surface area (Å²) < 4.78 is 25.4. The highest BCUT2D eigenvalue weighted by Crippen LogP contribution is 2.20. The van der Waals surface area contributed by atoms with Gasteiger partial charge in [-0.15, -0.1) is 0 Å². The second-order valence-electron chi connectivity index (χ2n) is 2.84. The Bertz CT molecular complexity index is 337. The molecular weight excluding hydrogens is 176 g/mol. The normalized spacial score (nSPS) is 9.85. The summed E-state index contributed by atoms with van der Waals surface area (Å²) >= 11 is 0. The maximum Gasteiger partial charge on any atom is 0.160 e. The molecule has 0 atom stereocenters. The van der Waals surface area contributed by atoms with Crippen LogP contribution < -0.4 is 4.90 Å². The van der Waals surface area contributed by atoms with E-state index in [1.165, 1.54) is 0 Å². The van der Waals surface area contributed by atoms with Crippen molar-refractivity contribution in [3.05, 3.63) is 29.3 Å². The fourth-order valence-electron chi connectivity index (χ4n) is 1.03. The van der Waals surface area contributed by atoms with Gasteiger partial charge in [0, 0.05) is 31.4 Å². The minimum atomic E-state index is -1.01. The number of carbonyl (C=O) groups excluding carboxylic acids is 1. The summed E-state index contributed by atoms with van der Waals surface area (Å²) in [6, 6.07) is 1.89. The molecule has 0 aliphatic heterocycles. The van der Waals surface area contributed by atoms with Crippen LogP contribution in [-0.2, 0) is 0 Å². The van der Waals surface area contributed by atoms with E-state index >= 15 is 0 Å². The molecule has 0 aliphatic carbocycles. The van der Waals surface area contributed by atoms with Gasteiger partial charge in [-0.1, -0.05) is 0 Å². The van der Waals surface area contributed by atoms with Crippen molar-refractivity contribution in [1.29, 1.82) is 0 Å². The SMILES string of the molecule is CN(C)c1cc(F)c(F)cc1C=O. The van der Waals surface area contributed by atoms with Crippen LogP contribution in [0.15, 0.2) is 12.1 Å². The third-order valence-electron chi connectivity index (χ3n) is 1.68. The number of aldehydes is 1. The Morgan fingerprint density at radius 1 is 1.23 bits per heavy atom. The van der Waals surface area contributed by atoms with Crippen LogP contribution in [0.1, 0.15) is 10.4 Å². The van der Waals surface area contributed by atoms with Gasteiger partial charge in [-0.05, 0) is 6.07 Å². The number of halogens is 2. The Kier molecular flexibility index (Phi) is 2.60. The first-order chi connectivity index (χ1) is 6.06. The monoisotopic (exact) mass is 185 g/mol. The van der Waals surface area contributed by atoms with E-state index in [9.17, 15) is 13.6 Å². The predicted octanol–water partition coefficient (Wildman–Crippen LogP) is 1.84. The zero-order valence-corrected chi connectivity index (χ0v) is 7.34. The van der Waals surface area contributed by atoms with Crippen molar-refractivity contribution in [3.63, 3.8) is 0 Å². The Hall–Kier alpha value is -1.45. The number of rotatable bonds is 2. The van der Waals surface area contributed by atoms with Gasteiger partial charge in [-0.2, -0.15) is 0 Å². The molecule has 4 heteroatoms. The molecule has 70 valence electrons. The van der Waals surface area contributed by atoms with Gasteiger partial charge in [-0.25, -0.2) is 8.78 Å². The number of hydrogen-bond acceptors (Lipinski definition) is 2. The quantitative estimate of drug-likeness (QED) is 0.655. The smallest absolute Gasteiger partial charge is 0.160 e. The highest BCUT2D eigenvalue weighted by atomic mass is 19.2. The summed E-state index contributed by atoms with van der Waals surface area (Å²) in [5.41, 5.74) is 0.512. The molecular formula is C9H9F2NO. The highest BCUT2D eigenvalue weighted by Gasteiger charge is 2.10. The zero-order chi connectivity index (χ0) is 10.0. The lowest BCUT2D eigenvalue weighted by atomic mass is 10.1. The first kappa shape index (κ1) is 9.64. The van der Waals surface area contributed by atoms with E-state index in [2.05, 4.69) is 0 Å². The summed E-state index contributed by atoms with van der Waals surface area (Å²) in [4.78, 5) is 12.0. The standard InChI is InChI=1S/C9H9F2NO/c1-12(2)9-4-8(11)7(10)3-6(9)5-13/h3-5H,1-2H3. The summed E-state index contributed by atoms with van der Waals surface area (Å²) in [6.07, 6.45) is 0.498. The van der Waals surface area contributed by atoms with E-state index in [1.807, 2.05) is 0 Å². The molecule has 0 aromatic heterocycles. The van der Waals surface area contributed by atoms with Crippen LogP contribution in [0.3, 0.4) is 0 Å². The number of benzene rings is 1. The van der Waals surface area contributed by atoms with E-state index in [4.69, 9.17) is 0 Å². The fourth-order valence-corrected chi connectivity index (χ4v) is 1.03. The third-order valence-corrected chi connectivity index (χ3v) is 1.68. The Balaban J connectivity index is 3.32. The van der Waals surface area contributed by atoms with E-state index in [-0.39, 0.29) is 5.56 Å². The van der Waals surface area contributed by atoms with Crippen LogP contribution in [-0.4, -0.2) is 20.4 Å². The third kappa shape index (κ3) is 1.83. The molecule has 2 nitrogen and oxygen atoms in total. The second kappa shape index (κ2) is 3.51. The Morgan fingerprint density at radius 3 is 2.23 bits per heavy atom. The number of hydrogen-bond donors (Lipinski definition) is 0. The average Bonchev–Trinajstić information content (AvgIpc) is 2.08. The van der Waals surface area contributed by atoms with Gasteiger partial charge in [0.25, 0.3) is 0 Å². The molecule has 0 radical (unpaired) electrons. The van der Waals surface area contributed by atoms with Crippen molar-refractivity contribution in [2.75, 3.05) is 19.0 Å². The number of nitrogens with zero attached hydrogens (tertiary/aromatic N) is 1. The lowest BCUT2D eigenvalue weighted by molar-refractivity contribution is 0.112. The molecule has 0 N–H and O–H groups in total. The van der Waals surface area contributed by atoms with Gasteiger partial charge in [0.05, 0.1) is 0 Å². The van der Waals surface area contributed by atoms with Crippen LogP contribution in [0, 0.1) is 11.6 Å². The molecule has 0 saturated heterocycles. The minimum Gasteiger partial charge on any atom is -0.377 e. The second-order valence-corrected chi connectivity index (χ2v) is 2.84. The van der Waals surface area contributed by atoms with Crippen molar-refractivity contribution < 1.29 is 13.6 Å². The molecule has 13 heavy (non-hydrogen) atoms. The van der Waals surface area contributed by atoms with Crippen molar-refractivity contribution in [3.8, 4) is 0 Å². The Labute approximate surface area is 74.8 Å². The Morgan fingerprint density at radius 2 is 1.77 bits per heavy atom. The lowest BCUT2D eigenvalue weighted by Crippen LogP contribution is -2.12. The zero-order valence-electron chi connectivity index (χ0n) is 7.34. The van der Waals surface area contributed by atoms with Crippen LogP contribution in [0.25, 0.3) is 0 Å². The first-order valence-electron chi connectivity index (χ1n) is 3.68. The van der Waals surface area contributed by atoms with E-state index in [0.717, 1.165) is 12.1 Å². The maximum atomic E-state index is 12.7. The molecule has 0 bridgehead atoms. The summed E-state index contributed by atoms with van der Waals surface area (Å²) in [6.45, 7) is 0. The van der Waals surface area contributed by atoms with E-state index in [0.29, 0.717) is 12.0 Å². The molecule has 0 heterocycles. The highest BCUT2D eigenvalue weighted by molar-refractivity contribution is 5.84. The molecule has 0 unspecified atom stereocenters. The van der Waals surface area contributed by atoms with Crippen LogP contribution in [0.4, 0.5) is 14.5 Å². The topological polar surface area (TPSA) is 20.3 Å². The van der Waals surface area contributed by atoms with Gasteiger partial charge in [0.2, 0.25) is 0 Å². The largest absolute Gasteiger partial charge is 0.377 e. The molecule has 1 aromatic rings. The van der Waals surface area contributed by atoms with Gasteiger partial charge in [-0.3, -0.25) is 4.79 Å². The molecule has 0 fully saturated rings. The summed E-state index contributed by atoms with van der Waals surface area (Å²) in [5, 5.41) is 0. The molecule has 0 aliphatic rings. The van der Waals surface area contributed by atoms with E-state index < -0.39 is 11.6 Å². The van der Waals surface area contributed by atoms with Crippen molar-refractivity contribution >= 4 is 12.0 Å². The van der Waals surface area contributed by atoms with E-state index in [1.54, 1.807) is 19.0 Å².